The second-order valence-electron chi connectivity index (χ2n) is 7.12. The van der Waals surface area contributed by atoms with E-state index in [4.69, 9.17) is 27.9 Å². The summed E-state index contributed by atoms with van der Waals surface area (Å²) in [6, 6.07) is 20.2. The topological polar surface area (TPSA) is 9.23 Å². The number of halogens is 2. The predicted octanol–water partition coefficient (Wildman–Crippen LogP) is 7.53. The Morgan fingerprint density at radius 2 is 1.68 bits per heavy atom. The third kappa shape index (κ3) is 4.16. The molecule has 0 saturated heterocycles. The monoisotopic (exact) mass is 406 g/mol. The molecule has 3 aromatic carbocycles. The summed E-state index contributed by atoms with van der Waals surface area (Å²) < 4.78 is 5.99. The average Bonchev–Trinajstić information content (AvgIpc) is 2.95. The molecule has 3 heteroatoms. The molecule has 0 fully saturated rings. The van der Waals surface area contributed by atoms with Crippen LogP contribution in [-0.4, -0.2) is 0 Å². The maximum atomic E-state index is 6.12. The third-order valence-corrected chi connectivity index (χ3v) is 5.36. The van der Waals surface area contributed by atoms with Crippen LogP contribution in [0.15, 0.2) is 72.8 Å². The fourth-order valence-electron chi connectivity index (χ4n) is 3.43. The molecule has 0 amide bonds. The standard InChI is InChI=1S/C25H20Cl2O/c1-16-3-5-18(6-4-16)15-28-24-7-8-25-17(2)20(12-21(25)13-24)9-19-10-22(26)14-23(27)11-19/h3-11,13-14H,2,12,15H2,1H3/b20-9+. The zero-order valence-corrected chi connectivity index (χ0v) is 17.1. The normalized spacial score (nSPS) is 14.4. The van der Waals surface area contributed by atoms with Gasteiger partial charge in [-0.2, -0.15) is 0 Å². The molecule has 3 aromatic rings. The fourth-order valence-corrected chi connectivity index (χ4v) is 3.98. The molecule has 1 aliphatic rings. The molecule has 0 saturated carbocycles. The zero-order chi connectivity index (χ0) is 19.7. The first-order chi connectivity index (χ1) is 13.5. The molecule has 4 rings (SSSR count). The molecule has 0 N–H and O–H groups in total. The van der Waals surface area contributed by atoms with Crippen LogP contribution in [0.5, 0.6) is 5.75 Å². The lowest BCUT2D eigenvalue weighted by Gasteiger charge is -2.08. The molecule has 1 nitrogen and oxygen atoms in total. The number of rotatable bonds is 4. The number of benzene rings is 3. The van der Waals surface area contributed by atoms with Crippen molar-refractivity contribution in [1.29, 1.82) is 0 Å². The first kappa shape index (κ1) is 18.9. The minimum atomic E-state index is 0.559. The lowest BCUT2D eigenvalue weighted by molar-refractivity contribution is 0.306. The molecule has 0 spiro atoms. The van der Waals surface area contributed by atoms with E-state index in [0.717, 1.165) is 28.9 Å². The molecule has 1 aliphatic carbocycles. The molecule has 0 radical (unpaired) electrons. The Bertz CT molecular complexity index is 1060. The molecule has 0 unspecified atom stereocenters. The summed E-state index contributed by atoms with van der Waals surface area (Å²) in [5, 5.41) is 1.26. The first-order valence-corrected chi connectivity index (χ1v) is 9.91. The number of hydrogen-bond acceptors (Lipinski definition) is 1. The highest BCUT2D eigenvalue weighted by molar-refractivity contribution is 6.34. The van der Waals surface area contributed by atoms with Crippen LogP contribution in [0.25, 0.3) is 11.6 Å². The van der Waals surface area contributed by atoms with Crippen LogP contribution in [0.1, 0.15) is 27.8 Å². The Kier molecular flexibility index (Phi) is 5.30. The Labute approximate surface area is 175 Å². The van der Waals surface area contributed by atoms with E-state index in [-0.39, 0.29) is 0 Å². The van der Waals surface area contributed by atoms with Crippen molar-refractivity contribution in [1.82, 2.24) is 0 Å². The minimum Gasteiger partial charge on any atom is -0.489 e. The molecular formula is C25H20Cl2O. The van der Waals surface area contributed by atoms with E-state index in [0.29, 0.717) is 16.7 Å². The van der Waals surface area contributed by atoms with Gasteiger partial charge >= 0.3 is 0 Å². The summed E-state index contributed by atoms with van der Waals surface area (Å²) in [6.07, 6.45) is 2.92. The van der Waals surface area contributed by atoms with Crippen molar-refractivity contribution in [3.05, 3.63) is 111 Å². The number of fused-ring (bicyclic) bond motifs is 1. The highest BCUT2D eigenvalue weighted by Crippen LogP contribution is 2.38. The maximum Gasteiger partial charge on any atom is 0.120 e. The van der Waals surface area contributed by atoms with Crippen molar-refractivity contribution in [2.75, 3.05) is 0 Å². The summed E-state index contributed by atoms with van der Waals surface area (Å²) in [5.41, 5.74) is 8.00. The summed E-state index contributed by atoms with van der Waals surface area (Å²) in [4.78, 5) is 0. The molecule has 0 bridgehead atoms. The molecule has 0 atom stereocenters. The van der Waals surface area contributed by atoms with Gasteiger partial charge in [-0.25, -0.2) is 0 Å². The van der Waals surface area contributed by atoms with E-state index < -0.39 is 0 Å². The molecule has 28 heavy (non-hydrogen) atoms. The van der Waals surface area contributed by atoms with Crippen LogP contribution < -0.4 is 4.74 Å². The van der Waals surface area contributed by atoms with Crippen molar-refractivity contribution < 1.29 is 4.74 Å². The van der Waals surface area contributed by atoms with E-state index in [9.17, 15) is 0 Å². The Balaban J connectivity index is 1.52. The molecule has 0 aromatic heterocycles. The van der Waals surface area contributed by atoms with Crippen LogP contribution in [0.2, 0.25) is 10.0 Å². The maximum absolute atomic E-state index is 6.12. The lowest BCUT2D eigenvalue weighted by atomic mass is 10.0. The van der Waals surface area contributed by atoms with Gasteiger partial charge in [0.15, 0.2) is 0 Å². The van der Waals surface area contributed by atoms with Crippen molar-refractivity contribution in [3.63, 3.8) is 0 Å². The molecule has 0 heterocycles. The van der Waals surface area contributed by atoms with Crippen LogP contribution in [0.3, 0.4) is 0 Å². The van der Waals surface area contributed by atoms with Gasteiger partial charge in [0.1, 0.15) is 12.4 Å². The molecular weight excluding hydrogens is 387 g/mol. The van der Waals surface area contributed by atoms with Crippen molar-refractivity contribution in [2.24, 2.45) is 0 Å². The SMILES string of the molecule is C=C1/C(=C/c2cc(Cl)cc(Cl)c2)Cc2cc(OCc3ccc(C)cc3)ccc21. The summed E-state index contributed by atoms with van der Waals surface area (Å²) >= 11 is 12.2. The molecule has 140 valence electrons. The van der Waals surface area contributed by atoms with Crippen molar-refractivity contribution >= 4 is 34.9 Å². The van der Waals surface area contributed by atoms with Gasteiger partial charge in [0.05, 0.1) is 0 Å². The summed E-state index contributed by atoms with van der Waals surface area (Å²) in [7, 11) is 0. The van der Waals surface area contributed by atoms with Crippen LogP contribution in [0, 0.1) is 6.92 Å². The van der Waals surface area contributed by atoms with Gasteiger partial charge in [-0.05, 0) is 77.1 Å². The van der Waals surface area contributed by atoms with Crippen molar-refractivity contribution in [3.8, 4) is 5.75 Å². The van der Waals surface area contributed by atoms with E-state index in [1.54, 1.807) is 6.07 Å². The van der Waals surface area contributed by atoms with Crippen LogP contribution >= 0.6 is 23.2 Å². The Hall–Kier alpha value is -2.48. The van der Waals surface area contributed by atoms with Gasteiger partial charge in [0.2, 0.25) is 0 Å². The largest absolute Gasteiger partial charge is 0.489 e. The van der Waals surface area contributed by atoms with E-state index in [1.165, 1.54) is 22.3 Å². The van der Waals surface area contributed by atoms with Gasteiger partial charge < -0.3 is 4.74 Å². The second-order valence-corrected chi connectivity index (χ2v) is 7.99. The van der Waals surface area contributed by atoms with Gasteiger partial charge in [-0.3, -0.25) is 0 Å². The Morgan fingerprint density at radius 3 is 2.39 bits per heavy atom. The predicted molar refractivity (Wildman–Crippen MR) is 119 cm³/mol. The Morgan fingerprint density at radius 1 is 0.964 bits per heavy atom. The summed E-state index contributed by atoms with van der Waals surface area (Å²) in [5.74, 6) is 0.874. The summed E-state index contributed by atoms with van der Waals surface area (Å²) in [6.45, 7) is 6.92. The van der Waals surface area contributed by atoms with E-state index in [2.05, 4.69) is 56.0 Å². The number of allylic oxidation sites excluding steroid dienone is 2. The average molecular weight is 407 g/mol. The number of ether oxygens (including phenoxy) is 1. The van der Waals surface area contributed by atoms with Gasteiger partial charge in [-0.1, -0.05) is 71.8 Å². The quantitative estimate of drug-likeness (QED) is 0.434. The van der Waals surface area contributed by atoms with Gasteiger partial charge in [0, 0.05) is 10.0 Å². The van der Waals surface area contributed by atoms with Gasteiger partial charge in [0.25, 0.3) is 0 Å². The first-order valence-electron chi connectivity index (χ1n) is 9.15. The van der Waals surface area contributed by atoms with E-state index in [1.807, 2.05) is 18.2 Å². The minimum absolute atomic E-state index is 0.559. The van der Waals surface area contributed by atoms with Crippen LogP contribution in [0.4, 0.5) is 0 Å². The van der Waals surface area contributed by atoms with Crippen LogP contribution in [-0.2, 0) is 13.0 Å². The van der Waals surface area contributed by atoms with Crippen molar-refractivity contribution in [2.45, 2.75) is 20.0 Å². The lowest BCUT2D eigenvalue weighted by Crippen LogP contribution is -1.96. The van der Waals surface area contributed by atoms with Gasteiger partial charge in [-0.15, -0.1) is 0 Å². The van der Waals surface area contributed by atoms with E-state index >= 15 is 0 Å². The molecule has 0 aliphatic heterocycles. The zero-order valence-electron chi connectivity index (χ0n) is 15.6. The highest BCUT2D eigenvalue weighted by atomic mass is 35.5. The fraction of sp³-hybridized carbons (Fsp3) is 0.120. The second kappa shape index (κ2) is 7.87. The number of aryl methyl sites for hydroxylation is 1. The number of hydrogen-bond donors (Lipinski definition) is 0. The highest BCUT2D eigenvalue weighted by Gasteiger charge is 2.20. The third-order valence-electron chi connectivity index (χ3n) is 4.92. The smallest absolute Gasteiger partial charge is 0.120 e.